The summed E-state index contributed by atoms with van der Waals surface area (Å²) in [4.78, 5) is 23.2. The molecule has 0 radical (unpaired) electrons. The predicted molar refractivity (Wildman–Crippen MR) is 99.6 cm³/mol. The molecule has 0 aliphatic carbocycles. The van der Waals surface area contributed by atoms with Gasteiger partial charge in [0.1, 0.15) is 11.6 Å². The van der Waals surface area contributed by atoms with E-state index in [1.165, 1.54) is 0 Å². The molecule has 2 aromatic heterocycles. The van der Waals surface area contributed by atoms with Gasteiger partial charge in [-0.2, -0.15) is 10.1 Å². The van der Waals surface area contributed by atoms with Gasteiger partial charge in [-0.25, -0.2) is 19.4 Å². The molecule has 1 aliphatic rings. The smallest absolute Gasteiger partial charge is 0.347 e. The van der Waals surface area contributed by atoms with E-state index in [-0.39, 0.29) is 11.6 Å². The number of hydrogen-bond donors (Lipinski definition) is 2. The number of nitrogens with zero attached hydrogens (tertiary/aromatic N) is 5. The van der Waals surface area contributed by atoms with Gasteiger partial charge in [0.15, 0.2) is 0 Å². The standard InChI is InChI=1S/C18H21N7O/c1-12-10-20-17(21-15(12)19)24-9-5-6-13(11-24)16-22-23-18(26)25(16)14-7-3-2-4-8-14/h2-4,7-8,10,13H,5-6,9,11H2,1H3,(H,23,26)(H2,19,20,21)/t13-/m1/s1. The predicted octanol–water partition coefficient (Wildman–Crippen LogP) is 1.63. The van der Waals surface area contributed by atoms with Crippen molar-refractivity contribution in [3.8, 4) is 5.69 Å². The van der Waals surface area contributed by atoms with Gasteiger partial charge in [0.05, 0.1) is 5.69 Å². The molecule has 0 spiro atoms. The molecular formula is C18H21N7O. The molecular weight excluding hydrogens is 330 g/mol. The molecule has 0 saturated carbocycles. The third kappa shape index (κ3) is 2.94. The van der Waals surface area contributed by atoms with Crippen LogP contribution in [0, 0.1) is 6.92 Å². The molecule has 134 valence electrons. The van der Waals surface area contributed by atoms with E-state index in [1.807, 2.05) is 37.3 Å². The topological polar surface area (TPSA) is 106 Å². The molecule has 3 N–H and O–H groups in total. The first kappa shape index (κ1) is 16.3. The van der Waals surface area contributed by atoms with Crippen LogP contribution >= 0.6 is 0 Å². The van der Waals surface area contributed by atoms with Crippen LogP contribution in [0.1, 0.15) is 30.1 Å². The van der Waals surface area contributed by atoms with Crippen LogP contribution in [0.5, 0.6) is 0 Å². The molecule has 0 unspecified atom stereocenters. The quantitative estimate of drug-likeness (QED) is 0.743. The van der Waals surface area contributed by atoms with E-state index in [9.17, 15) is 4.79 Å². The highest BCUT2D eigenvalue weighted by atomic mass is 16.1. The average molecular weight is 351 g/mol. The number of aromatic nitrogens is 5. The third-order valence-corrected chi connectivity index (χ3v) is 4.78. The Morgan fingerprint density at radius 3 is 2.85 bits per heavy atom. The number of piperidine rings is 1. The molecule has 1 aliphatic heterocycles. The van der Waals surface area contributed by atoms with Gasteiger partial charge in [-0.1, -0.05) is 18.2 Å². The largest absolute Gasteiger partial charge is 0.383 e. The molecule has 8 heteroatoms. The molecule has 1 atom stereocenters. The first-order valence-corrected chi connectivity index (χ1v) is 8.70. The van der Waals surface area contributed by atoms with Crippen molar-refractivity contribution < 1.29 is 0 Å². The van der Waals surface area contributed by atoms with Crippen LogP contribution in [0.2, 0.25) is 0 Å². The minimum absolute atomic E-state index is 0.106. The number of H-pyrrole nitrogens is 1. The van der Waals surface area contributed by atoms with Gasteiger partial charge in [0.25, 0.3) is 0 Å². The van der Waals surface area contributed by atoms with Crippen LogP contribution in [-0.2, 0) is 0 Å². The summed E-state index contributed by atoms with van der Waals surface area (Å²) in [5.74, 6) is 1.97. The van der Waals surface area contributed by atoms with Crippen LogP contribution in [0.3, 0.4) is 0 Å². The molecule has 4 rings (SSSR count). The zero-order valence-electron chi connectivity index (χ0n) is 14.6. The molecule has 1 aromatic carbocycles. The van der Waals surface area contributed by atoms with Crippen molar-refractivity contribution in [2.45, 2.75) is 25.7 Å². The summed E-state index contributed by atoms with van der Waals surface area (Å²) >= 11 is 0. The summed E-state index contributed by atoms with van der Waals surface area (Å²) in [6.07, 6.45) is 3.67. The number of nitrogens with one attached hydrogen (secondary N) is 1. The number of aryl methyl sites for hydroxylation is 1. The van der Waals surface area contributed by atoms with Crippen LogP contribution in [0.25, 0.3) is 5.69 Å². The van der Waals surface area contributed by atoms with E-state index >= 15 is 0 Å². The number of rotatable bonds is 3. The van der Waals surface area contributed by atoms with Gasteiger partial charge in [-0.15, -0.1) is 0 Å². The fourth-order valence-corrected chi connectivity index (χ4v) is 3.38. The molecule has 0 amide bonds. The van der Waals surface area contributed by atoms with Crippen molar-refractivity contribution >= 4 is 11.8 Å². The van der Waals surface area contributed by atoms with Crippen LogP contribution < -0.4 is 16.3 Å². The zero-order valence-corrected chi connectivity index (χ0v) is 14.6. The van der Waals surface area contributed by atoms with Crippen LogP contribution in [0.4, 0.5) is 11.8 Å². The Bertz CT molecular complexity index is 963. The van der Waals surface area contributed by atoms with Crippen molar-refractivity contribution in [1.82, 2.24) is 24.7 Å². The second-order valence-electron chi connectivity index (χ2n) is 6.58. The normalized spacial score (nSPS) is 17.4. The lowest BCUT2D eigenvalue weighted by atomic mass is 9.97. The number of anilines is 2. The minimum atomic E-state index is -0.223. The first-order valence-electron chi connectivity index (χ1n) is 8.70. The minimum Gasteiger partial charge on any atom is -0.383 e. The fourth-order valence-electron chi connectivity index (χ4n) is 3.38. The molecule has 8 nitrogen and oxygen atoms in total. The first-order chi connectivity index (χ1) is 12.6. The van der Waals surface area contributed by atoms with Gasteiger partial charge in [-0.3, -0.25) is 0 Å². The third-order valence-electron chi connectivity index (χ3n) is 4.78. The Morgan fingerprint density at radius 1 is 1.27 bits per heavy atom. The van der Waals surface area contributed by atoms with E-state index in [4.69, 9.17) is 5.73 Å². The Morgan fingerprint density at radius 2 is 2.08 bits per heavy atom. The lowest BCUT2D eigenvalue weighted by Gasteiger charge is -2.32. The molecule has 26 heavy (non-hydrogen) atoms. The average Bonchev–Trinajstić information content (AvgIpc) is 3.06. The zero-order chi connectivity index (χ0) is 18.1. The van der Waals surface area contributed by atoms with E-state index in [2.05, 4.69) is 25.1 Å². The lowest BCUT2D eigenvalue weighted by Crippen LogP contribution is -2.37. The summed E-state index contributed by atoms with van der Waals surface area (Å²) in [6, 6.07) is 9.56. The van der Waals surface area contributed by atoms with Gasteiger partial charge < -0.3 is 10.6 Å². The van der Waals surface area contributed by atoms with Crippen molar-refractivity contribution in [3.63, 3.8) is 0 Å². The van der Waals surface area contributed by atoms with Crippen molar-refractivity contribution in [3.05, 3.63) is 58.4 Å². The Kier molecular flexibility index (Phi) is 4.16. The van der Waals surface area contributed by atoms with E-state index in [0.717, 1.165) is 36.5 Å². The summed E-state index contributed by atoms with van der Waals surface area (Å²) < 4.78 is 1.65. The summed E-state index contributed by atoms with van der Waals surface area (Å²) in [6.45, 7) is 3.44. The Labute approximate surface area is 150 Å². The van der Waals surface area contributed by atoms with Gasteiger partial charge in [0.2, 0.25) is 5.95 Å². The van der Waals surface area contributed by atoms with E-state index < -0.39 is 0 Å². The fraction of sp³-hybridized carbons (Fsp3) is 0.333. The highest BCUT2D eigenvalue weighted by Crippen LogP contribution is 2.28. The second-order valence-corrected chi connectivity index (χ2v) is 6.58. The number of aromatic amines is 1. The molecule has 3 aromatic rings. The summed E-state index contributed by atoms with van der Waals surface area (Å²) in [5.41, 5.74) is 7.40. The number of nitrogen functional groups attached to an aromatic ring is 1. The monoisotopic (exact) mass is 351 g/mol. The van der Waals surface area contributed by atoms with Gasteiger partial charge in [0, 0.05) is 30.8 Å². The molecule has 1 saturated heterocycles. The molecule has 3 heterocycles. The van der Waals surface area contributed by atoms with Gasteiger partial charge >= 0.3 is 5.69 Å². The number of benzene rings is 1. The second kappa shape index (κ2) is 6.62. The van der Waals surface area contributed by atoms with Crippen molar-refractivity contribution in [1.29, 1.82) is 0 Å². The highest BCUT2D eigenvalue weighted by Gasteiger charge is 2.28. The maximum Gasteiger partial charge on any atom is 0.347 e. The Balaban J connectivity index is 1.65. The number of nitrogens with two attached hydrogens (primary N) is 1. The summed E-state index contributed by atoms with van der Waals surface area (Å²) in [7, 11) is 0. The van der Waals surface area contributed by atoms with Crippen molar-refractivity contribution in [2.24, 2.45) is 0 Å². The maximum atomic E-state index is 12.3. The van der Waals surface area contributed by atoms with E-state index in [1.54, 1.807) is 10.8 Å². The lowest BCUT2D eigenvalue weighted by molar-refractivity contribution is 0.480. The highest BCUT2D eigenvalue weighted by molar-refractivity contribution is 5.44. The maximum absolute atomic E-state index is 12.3. The summed E-state index contributed by atoms with van der Waals surface area (Å²) in [5, 5.41) is 6.90. The van der Waals surface area contributed by atoms with Crippen molar-refractivity contribution in [2.75, 3.05) is 23.7 Å². The SMILES string of the molecule is Cc1cnc(N2CCC[C@@H](c3n[nH]c(=O)n3-c3ccccc3)C2)nc1N. The number of hydrogen-bond acceptors (Lipinski definition) is 6. The van der Waals surface area contributed by atoms with Gasteiger partial charge in [-0.05, 0) is 31.9 Å². The van der Waals surface area contributed by atoms with E-state index in [0.29, 0.717) is 18.3 Å². The van der Waals surface area contributed by atoms with Crippen LogP contribution in [0.15, 0.2) is 41.3 Å². The number of para-hydroxylation sites is 1. The molecule has 1 fully saturated rings. The Hall–Kier alpha value is -3.16. The molecule has 0 bridgehead atoms. The van der Waals surface area contributed by atoms with Crippen LogP contribution in [-0.4, -0.2) is 37.8 Å².